The lowest BCUT2D eigenvalue weighted by atomic mass is 9.68. The van der Waals surface area contributed by atoms with Crippen LogP contribution in [0.5, 0.6) is 0 Å². The number of likely N-dealkylation sites (tertiary alicyclic amines) is 1. The lowest BCUT2D eigenvalue weighted by Gasteiger charge is -2.58. The summed E-state index contributed by atoms with van der Waals surface area (Å²) in [5.74, 6) is 1.54. The van der Waals surface area contributed by atoms with E-state index in [0.29, 0.717) is 11.0 Å². The molecule has 0 bridgehead atoms. The molecule has 1 unspecified atom stereocenters. The highest BCUT2D eigenvalue weighted by Crippen LogP contribution is 2.44. The molecular formula is C14H27NO. The lowest BCUT2D eigenvalue weighted by Crippen LogP contribution is -2.66. The van der Waals surface area contributed by atoms with Crippen molar-refractivity contribution >= 4 is 0 Å². The highest BCUT2D eigenvalue weighted by Gasteiger charge is 2.49. The third-order valence-electron chi connectivity index (χ3n) is 4.38. The summed E-state index contributed by atoms with van der Waals surface area (Å²) in [5.41, 5.74) is 0.816. The lowest BCUT2D eigenvalue weighted by molar-refractivity contribution is -0.152. The largest absolute Gasteiger partial charge is 0.380 e. The molecule has 94 valence electrons. The summed E-state index contributed by atoms with van der Waals surface area (Å²) in [6.07, 6.45) is 1.37. The fourth-order valence-electron chi connectivity index (χ4n) is 2.99. The van der Waals surface area contributed by atoms with E-state index in [2.05, 4.69) is 39.5 Å². The molecule has 0 N–H and O–H groups in total. The average molecular weight is 225 g/mol. The molecule has 0 saturated carbocycles. The van der Waals surface area contributed by atoms with E-state index >= 15 is 0 Å². The van der Waals surface area contributed by atoms with Gasteiger partial charge in [0, 0.05) is 30.7 Å². The first kappa shape index (κ1) is 12.4. The molecule has 2 heteroatoms. The van der Waals surface area contributed by atoms with E-state index in [1.165, 1.54) is 19.5 Å². The second-order valence-corrected chi connectivity index (χ2v) is 7.25. The first-order chi connectivity index (χ1) is 7.32. The summed E-state index contributed by atoms with van der Waals surface area (Å²) in [5, 5.41) is 0. The van der Waals surface area contributed by atoms with Gasteiger partial charge in [-0.25, -0.2) is 0 Å². The molecule has 2 aliphatic rings. The zero-order valence-corrected chi connectivity index (χ0v) is 11.5. The molecule has 2 nitrogen and oxygen atoms in total. The normalized spacial score (nSPS) is 30.8. The molecule has 2 heterocycles. The predicted molar refractivity (Wildman–Crippen MR) is 67.5 cm³/mol. The first-order valence-corrected chi connectivity index (χ1v) is 6.65. The smallest absolute Gasteiger partial charge is 0.0547 e. The summed E-state index contributed by atoms with van der Waals surface area (Å²) in [6, 6.07) is 0. The molecule has 0 radical (unpaired) electrons. The Morgan fingerprint density at radius 2 is 1.88 bits per heavy atom. The zero-order valence-electron chi connectivity index (χ0n) is 11.5. The average Bonchev–Trinajstić information content (AvgIpc) is 2.12. The van der Waals surface area contributed by atoms with Crippen molar-refractivity contribution in [3.8, 4) is 0 Å². The van der Waals surface area contributed by atoms with E-state index in [9.17, 15) is 0 Å². The molecule has 0 aromatic rings. The zero-order chi connectivity index (χ0) is 12.0. The van der Waals surface area contributed by atoms with E-state index in [1.807, 2.05) is 0 Å². The predicted octanol–water partition coefficient (Wildman–Crippen LogP) is 2.78. The van der Waals surface area contributed by atoms with E-state index in [-0.39, 0.29) is 0 Å². The summed E-state index contributed by atoms with van der Waals surface area (Å²) >= 11 is 0. The van der Waals surface area contributed by atoms with Crippen molar-refractivity contribution in [1.29, 1.82) is 0 Å². The minimum absolute atomic E-state index is 0.329. The molecule has 1 atom stereocenters. The van der Waals surface area contributed by atoms with Gasteiger partial charge in [0.25, 0.3) is 0 Å². The maximum Gasteiger partial charge on any atom is 0.0547 e. The van der Waals surface area contributed by atoms with Crippen LogP contribution in [0.25, 0.3) is 0 Å². The molecule has 2 aliphatic heterocycles. The van der Waals surface area contributed by atoms with Crippen LogP contribution in [-0.2, 0) is 4.74 Å². The van der Waals surface area contributed by atoms with Crippen molar-refractivity contribution in [3.05, 3.63) is 0 Å². The van der Waals surface area contributed by atoms with Crippen LogP contribution >= 0.6 is 0 Å². The van der Waals surface area contributed by atoms with Gasteiger partial charge in [0.2, 0.25) is 0 Å². The molecule has 0 aromatic heterocycles. The van der Waals surface area contributed by atoms with Crippen molar-refractivity contribution in [1.82, 2.24) is 4.90 Å². The van der Waals surface area contributed by atoms with Gasteiger partial charge in [-0.3, -0.25) is 4.90 Å². The summed E-state index contributed by atoms with van der Waals surface area (Å²) < 4.78 is 5.84. The number of hydrogen-bond donors (Lipinski definition) is 0. The number of rotatable bonds is 1. The Hall–Kier alpha value is -0.0800. The van der Waals surface area contributed by atoms with Crippen LogP contribution in [0.2, 0.25) is 0 Å². The number of ether oxygens (including phenoxy) is 1. The number of hydrogen-bond acceptors (Lipinski definition) is 2. The molecule has 2 saturated heterocycles. The Morgan fingerprint density at radius 1 is 1.25 bits per heavy atom. The van der Waals surface area contributed by atoms with Gasteiger partial charge in [0.15, 0.2) is 0 Å². The molecule has 0 aromatic carbocycles. The van der Waals surface area contributed by atoms with Crippen LogP contribution in [0.4, 0.5) is 0 Å². The fraction of sp³-hybridized carbons (Fsp3) is 1.00. The van der Waals surface area contributed by atoms with Crippen LogP contribution in [0.1, 0.15) is 41.0 Å². The maximum atomic E-state index is 5.84. The number of nitrogens with zero attached hydrogens (tertiary/aromatic N) is 1. The van der Waals surface area contributed by atoms with Crippen LogP contribution in [0, 0.1) is 17.3 Å². The molecule has 2 rings (SSSR count). The van der Waals surface area contributed by atoms with Crippen molar-refractivity contribution in [2.24, 2.45) is 17.3 Å². The van der Waals surface area contributed by atoms with Crippen LogP contribution in [0.3, 0.4) is 0 Å². The van der Waals surface area contributed by atoms with Crippen molar-refractivity contribution < 1.29 is 4.74 Å². The molecule has 1 spiro atoms. The monoisotopic (exact) mass is 225 g/mol. The SMILES string of the molecule is CC(C)C1COCC2(C1)CN(C(C)(C)C)C2. The maximum absolute atomic E-state index is 5.84. The highest BCUT2D eigenvalue weighted by molar-refractivity contribution is 5.01. The molecule has 0 amide bonds. The van der Waals surface area contributed by atoms with Gasteiger partial charge in [0.05, 0.1) is 6.61 Å². The first-order valence-electron chi connectivity index (χ1n) is 6.65. The Balaban J connectivity index is 1.92. The van der Waals surface area contributed by atoms with Gasteiger partial charge in [-0.2, -0.15) is 0 Å². The van der Waals surface area contributed by atoms with Gasteiger partial charge in [-0.15, -0.1) is 0 Å². The quantitative estimate of drug-likeness (QED) is 0.680. The Labute approximate surface area is 100 Å². The summed E-state index contributed by atoms with van der Waals surface area (Å²) in [4.78, 5) is 2.58. The van der Waals surface area contributed by atoms with Gasteiger partial charge in [0.1, 0.15) is 0 Å². The van der Waals surface area contributed by atoms with Crippen LogP contribution in [0.15, 0.2) is 0 Å². The standard InChI is InChI=1S/C14H27NO/c1-11(2)12-6-14(10-16-7-12)8-15(9-14)13(3,4)5/h11-12H,6-10H2,1-5H3. The topological polar surface area (TPSA) is 12.5 Å². The highest BCUT2D eigenvalue weighted by atomic mass is 16.5. The van der Waals surface area contributed by atoms with Crippen molar-refractivity contribution in [2.45, 2.75) is 46.6 Å². The minimum Gasteiger partial charge on any atom is -0.380 e. The van der Waals surface area contributed by atoms with E-state index in [4.69, 9.17) is 4.74 Å². The summed E-state index contributed by atoms with van der Waals surface area (Å²) in [6.45, 7) is 16.0. The van der Waals surface area contributed by atoms with Crippen LogP contribution in [-0.4, -0.2) is 36.7 Å². The van der Waals surface area contributed by atoms with Crippen LogP contribution < -0.4 is 0 Å². The molecule has 0 aliphatic carbocycles. The molecule has 16 heavy (non-hydrogen) atoms. The second kappa shape index (κ2) is 3.99. The second-order valence-electron chi connectivity index (χ2n) is 7.25. The third-order valence-corrected chi connectivity index (χ3v) is 4.38. The third kappa shape index (κ3) is 2.28. The molecular weight excluding hydrogens is 198 g/mol. The summed E-state index contributed by atoms with van der Waals surface area (Å²) in [7, 11) is 0. The van der Waals surface area contributed by atoms with Crippen molar-refractivity contribution in [3.63, 3.8) is 0 Å². The Morgan fingerprint density at radius 3 is 2.38 bits per heavy atom. The van der Waals surface area contributed by atoms with E-state index < -0.39 is 0 Å². The van der Waals surface area contributed by atoms with E-state index in [0.717, 1.165) is 25.0 Å². The van der Waals surface area contributed by atoms with E-state index in [1.54, 1.807) is 0 Å². The minimum atomic E-state index is 0.329. The Kier molecular flexibility index (Phi) is 3.09. The van der Waals surface area contributed by atoms with Gasteiger partial charge < -0.3 is 4.74 Å². The van der Waals surface area contributed by atoms with Gasteiger partial charge in [-0.1, -0.05) is 13.8 Å². The van der Waals surface area contributed by atoms with Crippen molar-refractivity contribution in [2.75, 3.05) is 26.3 Å². The van der Waals surface area contributed by atoms with Gasteiger partial charge in [-0.05, 0) is 39.0 Å². The molecule has 2 fully saturated rings. The fourth-order valence-corrected chi connectivity index (χ4v) is 2.99. The Bertz CT molecular complexity index is 248. The van der Waals surface area contributed by atoms with Gasteiger partial charge >= 0.3 is 0 Å².